The Morgan fingerprint density at radius 1 is 0.924 bits per heavy atom. The van der Waals surface area contributed by atoms with Crippen LogP contribution in [0.15, 0.2) is 47.4 Å². The highest BCUT2D eigenvalue weighted by Crippen LogP contribution is 2.38. The van der Waals surface area contributed by atoms with Gasteiger partial charge in [0, 0.05) is 81.6 Å². The number of likely N-dealkylation sites (N-methyl/N-ethyl adjacent to an activating group) is 1. The number of rotatable bonds is 13. The van der Waals surface area contributed by atoms with Gasteiger partial charge < -0.3 is 34.5 Å². The van der Waals surface area contributed by atoms with E-state index in [9.17, 15) is 28.8 Å². The summed E-state index contributed by atoms with van der Waals surface area (Å²) in [6.45, 7) is 10.4. The van der Waals surface area contributed by atoms with Gasteiger partial charge in [-0.05, 0) is 94.3 Å². The van der Waals surface area contributed by atoms with Crippen molar-refractivity contribution in [1.29, 1.82) is 0 Å². The second-order valence-corrected chi connectivity index (χ2v) is 18.3. The average molecular weight is 923 g/mol. The van der Waals surface area contributed by atoms with Crippen LogP contribution in [-0.2, 0) is 25.5 Å². The second kappa shape index (κ2) is 18.6. The topological polar surface area (TPSA) is 201 Å². The number of hydrogen-bond donors (Lipinski definition) is 3. The zero-order valence-electron chi connectivity index (χ0n) is 37.6. The van der Waals surface area contributed by atoms with E-state index in [-0.39, 0.29) is 54.9 Å². The number of nitrogens with zero attached hydrogens (tertiary/aromatic N) is 7. The molecule has 0 unspecified atom stereocenters. The number of halogens is 1. The summed E-state index contributed by atoms with van der Waals surface area (Å²) in [6.07, 6.45) is 6.39. The van der Waals surface area contributed by atoms with Crippen molar-refractivity contribution in [2.75, 3.05) is 68.0 Å². The summed E-state index contributed by atoms with van der Waals surface area (Å²) in [5.41, 5.74) is 3.59. The molecule has 18 nitrogen and oxygen atoms in total. The van der Waals surface area contributed by atoms with Crippen molar-refractivity contribution in [3.8, 4) is 5.75 Å². The lowest BCUT2D eigenvalue weighted by Crippen LogP contribution is -2.56. The number of pyridine rings is 1. The van der Waals surface area contributed by atoms with Crippen LogP contribution in [0.25, 0.3) is 10.9 Å². The van der Waals surface area contributed by atoms with Crippen molar-refractivity contribution >= 4 is 75.2 Å². The fourth-order valence-corrected chi connectivity index (χ4v) is 10.1. The van der Waals surface area contributed by atoms with Gasteiger partial charge in [-0.25, -0.2) is 4.98 Å². The van der Waals surface area contributed by atoms with Crippen LogP contribution in [0, 0.1) is 0 Å². The fourth-order valence-electron chi connectivity index (χ4n) is 9.97. The first-order chi connectivity index (χ1) is 31.8. The number of carbonyl (C=O) groups is 5. The number of anilines is 4. The lowest BCUT2D eigenvalue weighted by Gasteiger charge is -2.48. The number of carbonyl (C=O) groups excluding carboxylic acids is 5. The van der Waals surface area contributed by atoms with Crippen LogP contribution < -0.4 is 36.0 Å². The highest BCUT2D eigenvalue weighted by molar-refractivity contribution is 6.33. The van der Waals surface area contributed by atoms with Gasteiger partial charge in [0.2, 0.25) is 17.8 Å². The van der Waals surface area contributed by atoms with Crippen molar-refractivity contribution in [1.82, 2.24) is 35.0 Å². The predicted octanol–water partition coefficient (Wildman–Crippen LogP) is 4.20. The molecule has 19 heteroatoms. The largest absolute Gasteiger partial charge is 0.478 e. The third-order valence-corrected chi connectivity index (χ3v) is 13.8. The van der Waals surface area contributed by atoms with Gasteiger partial charge in [0.15, 0.2) is 18.2 Å². The molecule has 0 radical (unpaired) electrons. The van der Waals surface area contributed by atoms with Crippen LogP contribution >= 0.6 is 11.6 Å². The van der Waals surface area contributed by atoms with Crippen molar-refractivity contribution < 1.29 is 33.4 Å². The molecular weight excluding hydrogens is 868 g/mol. The number of benzene rings is 2. The van der Waals surface area contributed by atoms with Crippen molar-refractivity contribution in [3.63, 3.8) is 0 Å². The number of piperidine rings is 2. The van der Waals surface area contributed by atoms with Crippen molar-refractivity contribution in [3.05, 3.63) is 74.7 Å². The Bertz CT molecular complexity index is 2650. The van der Waals surface area contributed by atoms with Gasteiger partial charge >= 0.3 is 0 Å². The number of ether oxygens (including phenoxy) is 2. The third kappa shape index (κ3) is 8.68. The Morgan fingerprint density at radius 3 is 2.38 bits per heavy atom. The van der Waals surface area contributed by atoms with Crippen molar-refractivity contribution in [2.45, 2.75) is 96.1 Å². The van der Waals surface area contributed by atoms with E-state index in [4.69, 9.17) is 26.1 Å². The summed E-state index contributed by atoms with van der Waals surface area (Å²) in [6, 6.07) is 10.2. The number of amides is 5. The average Bonchev–Trinajstić information content (AvgIpc) is 3.55. The minimum atomic E-state index is -0.988. The molecule has 1 atom stereocenters. The Balaban J connectivity index is 0.758. The fraction of sp³-hybridized carbons (Fsp3) is 0.489. The van der Waals surface area contributed by atoms with Gasteiger partial charge in [-0.2, -0.15) is 4.98 Å². The lowest BCUT2D eigenvalue weighted by molar-refractivity contribution is -0.136. The van der Waals surface area contributed by atoms with Crippen molar-refractivity contribution in [2.24, 2.45) is 0 Å². The van der Waals surface area contributed by atoms with E-state index in [1.165, 1.54) is 7.05 Å². The number of nitrogens with one attached hydrogen (secondary N) is 3. The molecule has 3 saturated heterocycles. The van der Waals surface area contributed by atoms with E-state index in [0.29, 0.717) is 46.1 Å². The number of hydrogen-bond acceptors (Lipinski definition) is 14. The van der Waals surface area contributed by atoms with E-state index < -0.39 is 29.7 Å². The Hall–Kier alpha value is -6.11. The van der Waals surface area contributed by atoms with Gasteiger partial charge in [-0.3, -0.25) is 43.9 Å². The van der Waals surface area contributed by atoms with Crippen LogP contribution in [0.2, 0.25) is 5.02 Å². The van der Waals surface area contributed by atoms with E-state index >= 15 is 0 Å². The first-order valence-electron chi connectivity index (χ1n) is 22.9. The molecule has 0 spiro atoms. The molecule has 1 saturated carbocycles. The van der Waals surface area contributed by atoms with Crippen LogP contribution in [-0.4, -0.2) is 131 Å². The molecule has 348 valence electrons. The SMILES string of the molecule is CCc1c(N2CCN(C3CC(OC4CCN(c5ncc(Cl)c(Nc6ccc7c(c6)cc(OCC(=O)NC)c(=O)n7C(C)C)n5)CC4)C3)CC2)ccc2c1C(=O)N([C@@H]1CCC(=O)NC1=O)C2=O. The van der Waals surface area contributed by atoms with E-state index in [2.05, 4.69) is 35.6 Å². The summed E-state index contributed by atoms with van der Waals surface area (Å²) < 4.78 is 13.9. The van der Waals surface area contributed by atoms with Gasteiger partial charge in [0.25, 0.3) is 23.3 Å². The van der Waals surface area contributed by atoms with Crippen LogP contribution in [0.4, 0.5) is 23.1 Å². The highest BCUT2D eigenvalue weighted by Gasteiger charge is 2.46. The quantitative estimate of drug-likeness (QED) is 0.161. The van der Waals surface area contributed by atoms with Gasteiger partial charge in [0.05, 0.1) is 35.0 Å². The summed E-state index contributed by atoms with van der Waals surface area (Å²) in [5, 5.41) is 9.21. The summed E-state index contributed by atoms with van der Waals surface area (Å²) >= 11 is 6.60. The monoisotopic (exact) mass is 922 g/mol. The summed E-state index contributed by atoms with van der Waals surface area (Å²) in [5.74, 6) is -1.17. The minimum Gasteiger partial charge on any atom is -0.478 e. The minimum absolute atomic E-state index is 0.0843. The first kappa shape index (κ1) is 45.1. The maximum atomic E-state index is 13.7. The normalized spacial score (nSPS) is 21.6. The Labute approximate surface area is 386 Å². The Kier molecular flexibility index (Phi) is 12.7. The molecule has 2 aromatic carbocycles. The second-order valence-electron chi connectivity index (χ2n) is 17.9. The molecular formula is C47H55ClN10O8. The molecule has 2 aromatic heterocycles. The smallest absolute Gasteiger partial charge is 0.293 e. The lowest BCUT2D eigenvalue weighted by atomic mass is 9.87. The summed E-state index contributed by atoms with van der Waals surface area (Å²) in [7, 11) is 1.51. The van der Waals surface area contributed by atoms with E-state index in [1.807, 2.05) is 45.0 Å². The zero-order valence-corrected chi connectivity index (χ0v) is 38.4. The molecule has 4 aromatic rings. The molecule has 9 rings (SSSR count). The van der Waals surface area contributed by atoms with E-state index in [0.717, 1.165) is 92.0 Å². The Morgan fingerprint density at radius 2 is 1.68 bits per heavy atom. The molecule has 5 amide bonds. The number of fused-ring (bicyclic) bond motifs is 2. The number of imide groups is 2. The predicted molar refractivity (Wildman–Crippen MR) is 248 cm³/mol. The third-order valence-electron chi connectivity index (χ3n) is 13.5. The van der Waals surface area contributed by atoms with Gasteiger partial charge in [-0.15, -0.1) is 0 Å². The molecule has 0 bridgehead atoms. The molecule has 66 heavy (non-hydrogen) atoms. The maximum Gasteiger partial charge on any atom is 0.293 e. The molecule has 5 aliphatic rings. The molecule has 3 N–H and O–H groups in total. The maximum absolute atomic E-state index is 13.7. The van der Waals surface area contributed by atoms with Crippen LogP contribution in [0.5, 0.6) is 5.75 Å². The number of piperazine rings is 1. The van der Waals surface area contributed by atoms with E-state index in [1.54, 1.807) is 22.9 Å². The molecule has 4 aliphatic heterocycles. The van der Waals surface area contributed by atoms with Gasteiger partial charge in [-0.1, -0.05) is 18.5 Å². The molecule has 1 aliphatic carbocycles. The molecule has 4 fully saturated rings. The van der Waals surface area contributed by atoms with Crippen LogP contribution in [0.1, 0.15) is 91.6 Å². The zero-order chi connectivity index (χ0) is 46.4. The first-order valence-corrected chi connectivity index (χ1v) is 23.3. The number of aromatic nitrogens is 3. The van der Waals surface area contributed by atoms with Crippen LogP contribution in [0.3, 0.4) is 0 Å². The molecule has 6 heterocycles. The summed E-state index contributed by atoms with van der Waals surface area (Å²) in [4.78, 5) is 94.0. The van der Waals surface area contributed by atoms with Gasteiger partial charge in [0.1, 0.15) is 11.1 Å². The standard InChI is InChI=1S/C47H55ClN10O8/c1-5-32-36(9-7-33-41(32)46(64)58(44(33)62)37-10-11-39(59)52-43(37)61)55-18-16-54(17-19-55)29-22-31(23-29)66-30-12-14-56(15-13-30)47-50-24-34(48)42(53-47)51-28-6-8-35-27(20-28)21-38(65-25-40(60)49-4)45(63)57(35)26(2)3/h6-9,20-21,24,26,29-31,37H,5,10-19,22-23,25H2,1-4H3,(H,49,60)(H,50,51,53)(H,52,59,61)/t29?,31?,37-/m1/s1. The highest BCUT2D eigenvalue weighted by atomic mass is 35.5.